The number of likely N-dealkylation sites (N-methyl/N-ethyl adjacent to an activating group) is 1. The molecule has 0 saturated heterocycles. The van der Waals surface area contributed by atoms with Gasteiger partial charge in [0.15, 0.2) is 11.6 Å². The fourth-order valence-electron chi connectivity index (χ4n) is 4.84. The van der Waals surface area contributed by atoms with Gasteiger partial charge in [0.1, 0.15) is 28.6 Å². The van der Waals surface area contributed by atoms with Crippen LogP contribution in [0.25, 0.3) is 39.7 Å². The lowest BCUT2D eigenvalue weighted by Gasteiger charge is -2.31. The van der Waals surface area contributed by atoms with Crippen LogP contribution in [0.5, 0.6) is 0 Å². The summed E-state index contributed by atoms with van der Waals surface area (Å²) in [5.41, 5.74) is 2.74. The standard InChI is InChI=1S/C25H26N6O2/c1-15-6-4-5-7-20(15)31-22-18-10-11-27-23(18)28-14-19(22)29-24(31)21-9-8-17(33-21)12-16(13-26)25(32)30(2)3/h8-12,14-15,20H,4-7H2,1-3H3,(H,27,28)/b16-12+/t15-,20+/m1/s1. The molecular formula is C25H26N6O2. The number of aromatic nitrogens is 4. The molecule has 5 rings (SSSR count). The van der Waals surface area contributed by atoms with E-state index < -0.39 is 0 Å². The van der Waals surface area contributed by atoms with Crippen LogP contribution in [-0.2, 0) is 4.79 Å². The van der Waals surface area contributed by atoms with E-state index in [1.54, 1.807) is 26.4 Å². The molecule has 1 aliphatic carbocycles. The predicted molar refractivity (Wildman–Crippen MR) is 126 cm³/mol. The first-order valence-corrected chi connectivity index (χ1v) is 11.3. The van der Waals surface area contributed by atoms with Crippen molar-refractivity contribution in [2.45, 2.75) is 38.6 Å². The number of hydrogen-bond acceptors (Lipinski definition) is 5. The summed E-state index contributed by atoms with van der Waals surface area (Å²) in [6.45, 7) is 2.30. The molecule has 8 nitrogen and oxygen atoms in total. The molecule has 2 atom stereocenters. The second-order valence-corrected chi connectivity index (χ2v) is 8.94. The quantitative estimate of drug-likeness (QED) is 0.357. The monoisotopic (exact) mass is 442 g/mol. The van der Waals surface area contributed by atoms with Gasteiger partial charge in [0.25, 0.3) is 5.91 Å². The number of furan rings is 1. The maximum absolute atomic E-state index is 12.2. The third kappa shape index (κ3) is 3.59. The van der Waals surface area contributed by atoms with Crippen molar-refractivity contribution in [1.29, 1.82) is 5.26 Å². The largest absolute Gasteiger partial charge is 0.453 e. The van der Waals surface area contributed by atoms with E-state index in [9.17, 15) is 10.1 Å². The summed E-state index contributed by atoms with van der Waals surface area (Å²) in [5, 5.41) is 10.5. The van der Waals surface area contributed by atoms with Gasteiger partial charge in [0.05, 0.1) is 11.7 Å². The normalized spacial score (nSPS) is 19.2. The first-order chi connectivity index (χ1) is 16.0. The maximum Gasteiger partial charge on any atom is 0.264 e. The van der Waals surface area contributed by atoms with E-state index in [1.807, 2.05) is 24.4 Å². The number of imidazole rings is 1. The molecule has 0 unspecified atom stereocenters. The third-order valence-electron chi connectivity index (χ3n) is 6.52. The molecule has 0 bridgehead atoms. The van der Waals surface area contributed by atoms with Gasteiger partial charge in [-0.3, -0.25) is 4.79 Å². The number of hydrogen-bond donors (Lipinski definition) is 1. The lowest BCUT2D eigenvalue weighted by Crippen LogP contribution is -2.22. The van der Waals surface area contributed by atoms with Gasteiger partial charge in [-0.2, -0.15) is 5.26 Å². The van der Waals surface area contributed by atoms with Gasteiger partial charge in [0, 0.05) is 37.8 Å². The number of pyridine rings is 1. The van der Waals surface area contributed by atoms with Crippen molar-refractivity contribution in [2.24, 2.45) is 5.92 Å². The molecule has 0 aliphatic heterocycles. The topological polar surface area (TPSA) is 104 Å². The van der Waals surface area contributed by atoms with Gasteiger partial charge >= 0.3 is 0 Å². The van der Waals surface area contributed by atoms with Crippen LogP contribution < -0.4 is 0 Å². The van der Waals surface area contributed by atoms with Gasteiger partial charge in [-0.25, -0.2) is 9.97 Å². The number of nitriles is 1. The predicted octanol–water partition coefficient (Wildman–Crippen LogP) is 4.92. The van der Waals surface area contributed by atoms with E-state index in [1.165, 1.54) is 30.2 Å². The molecule has 8 heteroatoms. The van der Waals surface area contributed by atoms with E-state index in [0.29, 0.717) is 23.5 Å². The van der Waals surface area contributed by atoms with Crippen molar-refractivity contribution in [3.8, 4) is 17.7 Å². The molecule has 1 fully saturated rings. The van der Waals surface area contributed by atoms with Crippen LogP contribution in [0.3, 0.4) is 0 Å². The number of fused-ring (bicyclic) bond motifs is 3. The number of nitrogens with zero attached hydrogens (tertiary/aromatic N) is 5. The number of aromatic amines is 1. The molecule has 0 spiro atoms. The lowest BCUT2D eigenvalue weighted by molar-refractivity contribution is -0.124. The molecule has 4 aromatic heterocycles. The Morgan fingerprint density at radius 3 is 2.88 bits per heavy atom. The zero-order valence-electron chi connectivity index (χ0n) is 19.0. The molecule has 4 aromatic rings. The summed E-state index contributed by atoms with van der Waals surface area (Å²) in [4.78, 5) is 26.3. The minimum atomic E-state index is -0.361. The highest BCUT2D eigenvalue weighted by atomic mass is 16.3. The summed E-state index contributed by atoms with van der Waals surface area (Å²) in [6.07, 6.45) is 9.86. The first kappa shape index (κ1) is 21.0. The Morgan fingerprint density at radius 1 is 1.30 bits per heavy atom. The van der Waals surface area contributed by atoms with Crippen LogP contribution >= 0.6 is 0 Å². The van der Waals surface area contributed by atoms with Gasteiger partial charge in [0.2, 0.25) is 0 Å². The molecule has 4 heterocycles. The molecule has 168 valence electrons. The SMILES string of the molecule is C[C@@H]1CCCC[C@@H]1n1c(-c2ccc(/C=C(\C#N)C(=O)N(C)C)o2)nc2cnc3[nH]ccc3c21. The minimum absolute atomic E-state index is 0.0218. The number of carbonyl (C=O) groups is 1. The Hall–Kier alpha value is -3.86. The third-order valence-corrected chi connectivity index (χ3v) is 6.52. The smallest absolute Gasteiger partial charge is 0.264 e. The second kappa shape index (κ2) is 8.24. The van der Waals surface area contributed by atoms with E-state index in [4.69, 9.17) is 9.40 Å². The highest BCUT2D eigenvalue weighted by molar-refractivity contribution is 6.02. The van der Waals surface area contributed by atoms with Crippen LogP contribution in [0.4, 0.5) is 0 Å². The highest BCUT2D eigenvalue weighted by Gasteiger charge is 2.29. The van der Waals surface area contributed by atoms with Crippen molar-refractivity contribution in [1.82, 2.24) is 24.4 Å². The fraction of sp³-hybridized carbons (Fsp3) is 0.360. The Kier molecular flexibility index (Phi) is 5.25. The van der Waals surface area contributed by atoms with Gasteiger partial charge in [-0.15, -0.1) is 0 Å². The first-order valence-electron chi connectivity index (χ1n) is 11.3. The van der Waals surface area contributed by atoms with E-state index in [2.05, 4.69) is 21.5 Å². The van der Waals surface area contributed by atoms with Crippen LogP contribution in [0, 0.1) is 17.2 Å². The Bertz CT molecular complexity index is 1410. The molecule has 33 heavy (non-hydrogen) atoms. The van der Waals surface area contributed by atoms with Crippen LogP contribution in [-0.4, -0.2) is 44.4 Å². The molecule has 1 aliphatic rings. The molecule has 1 amide bonds. The molecule has 0 aromatic carbocycles. The number of H-pyrrole nitrogens is 1. The van der Waals surface area contributed by atoms with Crippen molar-refractivity contribution < 1.29 is 9.21 Å². The summed E-state index contributed by atoms with van der Waals surface area (Å²) in [7, 11) is 3.23. The van der Waals surface area contributed by atoms with Crippen molar-refractivity contribution in [2.75, 3.05) is 14.1 Å². The number of nitrogens with one attached hydrogen (secondary N) is 1. The Morgan fingerprint density at radius 2 is 2.12 bits per heavy atom. The van der Waals surface area contributed by atoms with E-state index in [0.717, 1.165) is 34.3 Å². The molecule has 0 radical (unpaired) electrons. The van der Waals surface area contributed by atoms with Gasteiger partial charge in [-0.1, -0.05) is 19.8 Å². The van der Waals surface area contributed by atoms with E-state index >= 15 is 0 Å². The fourth-order valence-corrected chi connectivity index (χ4v) is 4.84. The van der Waals surface area contributed by atoms with Crippen LogP contribution in [0.15, 0.2) is 40.6 Å². The summed E-state index contributed by atoms with van der Waals surface area (Å²) < 4.78 is 8.43. The zero-order chi connectivity index (χ0) is 23.1. The van der Waals surface area contributed by atoms with Crippen molar-refractivity contribution >= 4 is 34.1 Å². The molecule has 1 saturated carbocycles. The number of rotatable bonds is 4. The van der Waals surface area contributed by atoms with Gasteiger partial charge < -0.3 is 18.9 Å². The summed E-state index contributed by atoms with van der Waals surface area (Å²) in [5.74, 6) is 1.94. The Balaban J connectivity index is 1.67. The maximum atomic E-state index is 12.2. The van der Waals surface area contributed by atoms with Crippen LogP contribution in [0.1, 0.15) is 44.4 Å². The Labute approximate surface area is 191 Å². The zero-order valence-corrected chi connectivity index (χ0v) is 19.0. The summed E-state index contributed by atoms with van der Waals surface area (Å²) >= 11 is 0. The van der Waals surface area contributed by atoms with Gasteiger partial charge in [-0.05, 0) is 37.0 Å². The average Bonchev–Trinajstić information content (AvgIpc) is 3.54. The minimum Gasteiger partial charge on any atom is -0.453 e. The highest BCUT2D eigenvalue weighted by Crippen LogP contribution is 2.41. The van der Waals surface area contributed by atoms with E-state index in [-0.39, 0.29) is 11.5 Å². The molecule has 1 N–H and O–H groups in total. The van der Waals surface area contributed by atoms with Crippen molar-refractivity contribution in [3.05, 3.63) is 41.9 Å². The second-order valence-electron chi connectivity index (χ2n) is 8.94. The number of amides is 1. The summed E-state index contributed by atoms with van der Waals surface area (Å²) in [6, 6.07) is 7.94. The lowest BCUT2D eigenvalue weighted by atomic mass is 9.85. The average molecular weight is 443 g/mol. The van der Waals surface area contributed by atoms with Crippen molar-refractivity contribution in [3.63, 3.8) is 0 Å². The van der Waals surface area contributed by atoms with Crippen LogP contribution in [0.2, 0.25) is 0 Å². The molecular weight excluding hydrogens is 416 g/mol. The number of carbonyl (C=O) groups excluding carboxylic acids is 1.